The van der Waals surface area contributed by atoms with E-state index in [2.05, 4.69) is 15.6 Å². The SMILES string of the molecule is CNC(=O)Nc1cc2cccc(C)c2nc1C. The van der Waals surface area contributed by atoms with Gasteiger partial charge in [-0.15, -0.1) is 0 Å². The van der Waals surface area contributed by atoms with Gasteiger partial charge in [-0.1, -0.05) is 18.2 Å². The molecule has 2 amide bonds. The highest BCUT2D eigenvalue weighted by molar-refractivity contribution is 5.93. The Bertz CT molecular complexity index is 578. The summed E-state index contributed by atoms with van der Waals surface area (Å²) in [5, 5.41) is 6.31. The van der Waals surface area contributed by atoms with Crippen molar-refractivity contribution in [2.24, 2.45) is 0 Å². The third-order valence-corrected chi connectivity index (χ3v) is 2.71. The highest BCUT2D eigenvalue weighted by Gasteiger charge is 2.06. The van der Waals surface area contributed by atoms with Crippen molar-refractivity contribution < 1.29 is 4.79 Å². The Balaban J connectivity index is 2.52. The van der Waals surface area contributed by atoms with E-state index >= 15 is 0 Å². The smallest absolute Gasteiger partial charge is 0.319 e. The van der Waals surface area contributed by atoms with E-state index in [1.807, 2.05) is 38.1 Å². The summed E-state index contributed by atoms with van der Waals surface area (Å²) < 4.78 is 0. The predicted molar refractivity (Wildman–Crippen MR) is 69.3 cm³/mol. The fraction of sp³-hybridized carbons (Fsp3) is 0.231. The first-order chi connectivity index (χ1) is 8.11. The van der Waals surface area contributed by atoms with Crippen molar-refractivity contribution in [3.05, 3.63) is 35.5 Å². The van der Waals surface area contributed by atoms with Crippen molar-refractivity contribution in [1.82, 2.24) is 10.3 Å². The van der Waals surface area contributed by atoms with Crippen molar-refractivity contribution >= 4 is 22.6 Å². The average Bonchev–Trinajstić information content (AvgIpc) is 2.31. The van der Waals surface area contributed by atoms with Crippen molar-refractivity contribution in [2.45, 2.75) is 13.8 Å². The van der Waals surface area contributed by atoms with E-state index in [0.717, 1.165) is 27.8 Å². The number of carbonyl (C=O) groups is 1. The van der Waals surface area contributed by atoms with Crippen LogP contribution >= 0.6 is 0 Å². The Morgan fingerprint density at radius 2 is 2.06 bits per heavy atom. The summed E-state index contributed by atoms with van der Waals surface area (Å²) in [7, 11) is 1.59. The topological polar surface area (TPSA) is 54.0 Å². The zero-order valence-electron chi connectivity index (χ0n) is 10.2. The maximum atomic E-state index is 11.3. The molecule has 1 aromatic carbocycles. The van der Waals surface area contributed by atoms with Gasteiger partial charge in [0.1, 0.15) is 0 Å². The number of aromatic nitrogens is 1. The number of aryl methyl sites for hydroxylation is 2. The zero-order chi connectivity index (χ0) is 12.4. The second kappa shape index (κ2) is 4.41. The molecule has 17 heavy (non-hydrogen) atoms. The molecule has 0 saturated carbocycles. The number of urea groups is 1. The number of nitrogens with zero attached hydrogens (tertiary/aromatic N) is 1. The number of carbonyl (C=O) groups excluding carboxylic acids is 1. The molecule has 4 nitrogen and oxygen atoms in total. The van der Waals surface area contributed by atoms with Crippen molar-refractivity contribution in [1.29, 1.82) is 0 Å². The fourth-order valence-corrected chi connectivity index (χ4v) is 1.75. The largest absolute Gasteiger partial charge is 0.341 e. The van der Waals surface area contributed by atoms with Gasteiger partial charge in [-0.05, 0) is 25.5 Å². The molecule has 0 aliphatic heterocycles. The van der Waals surface area contributed by atoms with E-state index in [-0.39, 0.29) is 6.03 Å². The third-order valence-electron chi connectivity index (χ3n) is 2.71. The molecular weight excluding hydrogens is 214 g/mol. The summed E-state index contributed by atoms with van der Waals surface area (Å²) in [6.45, 7) is 3.91. The number of benzene rings is 1. The Morgan fingerprint density at radius 1 is 1.29 bits per heavy atom. The molecule has 0 saturated heterocycles. The minimum Gasteiger partial charge on any atom is -0.341 e. The maximum Gasteiger partial charge on any atom is 0.319 e. The first-order valence-corrected chi connectivity index (χ1v) is 5.47. The Morgan fingerprint density at radius 3 is 2.76 bits per heavy atom. The number of pyridine rings is 1. The van der Waals surface area contributed by atoms with Crippen LogP contribution in [0.4, 0.5) is 10.5 Å². The summed E-state index contributed by atoms with van der Waals surface area (Å²) in [5.41, 5.74) is 3.67. The van der Waals surface area contributed by atoms with Crippen LogP contribution in [0.3, 0.4) is 0 Å². The quantitative estimate of drug-likeness (QED) is 0.789. The lowest BCUT2D eigenvalue weighted by atomic mass is 10.1. The summed E-state index contributed by atoms with van der Waals surface area (Å²) >= 11 is 0. The van der Waals surface area contributed by atoms with Gasteiger partial charge in [0, 0.05) is 12.4 Å². The van der Waals surface area contributed by atoms with Gasteiger partial charge < -0.3 is 10.6 Å². The minimum atomic E-state index is -0.234. The number of hydrogen-bond acceptors (Lipinski definition) is 2. The summed E-state index contributed by atoms with van der Waals surface area (Å²) in [4.78, 5) is 15.8. The van der Waals surface area contributed by atoms with Gasteiger partial charge in [0.2, 0.25) is 0 Å². The van der Waals surface area contributed by atoms with Crippen molar-refractivity contribution in [3.8, 4) is 0 Å². The van der Waals surface area contributed by atoms with Gasteiger partial charge in [0.15, 0.2) is 0 Å². The van der Waals surface area contributed by atoms with Gasteiger partial charge in [-0.2, -0.15) is 0 Å². The van der Waals surface area contributed by atoms with Crippen LogP contribution in [0.25, 0.3) is 10.9 Å². The van der Waals surface area contributed by atoms with E-state index in [0.29, 0.717) is 0 Å². The van der Waals surface area contributed by atoms with Crippen LogP contribution in [0.1, 0.15) is 11.3 Å². The zero-order valence-corrected chi connectivity index (χ0v) is 10.2. The van der Waals surface area contributed by atoms with Crippen LogP contribution in [0, 0.1) is 13.8 Å². The first-order valence-electron chi connectivity index (χ1n) is 5.47. The van der Waals surface area contributed by atoms with E-state index in [4.69, 9.17) is 0 Å². The first kappa shape index (κ1) is 11.4. The lowest BCUT2D eigenvalue weighted by molar-refractivity contribution is 0.254. The Kier molecular flexibility index (Phi) is 2.95. The molecule has 4 heteroatoms. The van der Waals surface area contributed by atoms with Crippen molar-refractivity contribution in [3.63, 3.8) is 0 Å². The number of anilines is 1. The molecule has 0 bridgehead atoms. The second-order valence-corrected chi connectivity index (χ2v) is 3.97. The molecule has 0 unspecified atom stereocenters. The standard InChI is InChI=1S/C13H15N3O/c1-8-5-4-6-10-7-11(16-13(17)14-3)9(2)15-12(8)10/h4-7H,1-3H3,(H2,14,16,17). The van der Waals surface area contributed by atoms with Crippen LogP contribution in [0.5, 0.6) is 0 Å². The molecule has 88 valence electrons. The lowest BCUT2D eigenvalue weighted by Crippen LogP contribution is -2.25. The molecule has 1 heterocycles. The third kappa shape index (κ3) is 2.20. The lowest BCUT2D eigenvalue weighted by Gasteiger charge is -2.10. The Hall–Kier alpha value is -2.10. The van der Waals surface area contributed by atoms with Gasteiger partial charge in [0.25, 0.3) is 0 Å². The normalized spacial score (nSPS) is 10.3. The molecule has 0 radical (unpaired) electrons. The fourth-order valence-electron chi connectivity index (χ4n) is 1.75. The number of amides is 2. The van der Waals surface area contributed by atoms with E-state index in [9.17, 15) is 4.79 Å². The molecule has 0 aliphatic carbocycles. The second-order valence-electron chi connectivity index (χ2n) is 3.97. The molecule has 0 spiro atoms. The monoisotopic (exact) mass is 229 g/mol. The van der Waals surface area contributed by atoms with Gasteiger partial charge in [-0.25, -0.2) is 4.79 Å². The minimum absolute atomic E-state index is 0.234. The van der Waals surface area contributed by atoms with Gasteiger partial charge in [-0.3, -0.25) is 4.98 Å². The molecule has 0 atom stereocenters. The predicted octanol–water partition coefficient (Wildman–Crippen LogP) is 2.60. The van der Waals surface area contributed by atoms with E-state index in [1.54, 1.807) is 7.05 Å². The Labute approximate surface area is 100 Å². The van der Waals surface area contributed by atoms with Crippen LogP contribution in [0.15, 0.2) is 24.3 Å². The number of rotatable bonds is 1. The van der Waals surface area contributed by atoms with Crippen LogP contribution in [-0.2, 0) is 0 Å². The highest BCUT2D eigenvalue weighted by atomic mass is 16.2. The molecule has 0 fully saturated rings. The van der Waals surface area contributed by atoms with Crippen LogP contribution in [-0.4, -0.2) is 18.1 Å². The van der Waals surface area contributed by atoms with Gasteiger partial charge in [0.05, 0.1) is 16.9 Å². The van der Waals surface area contributed by atoms with Crippen molar-refractivity contribution in [2.75, 3.05) is 12.4 Å². The number of fused-ring (bicyclic) bond motifs is 1. The van der Waals surface area contributed by atoms with Crippen LogP contribution in [0.2, 0.25) is 0 Å². The summed E-state index contributed by atoms with van der Waals surface area (Å²) in [5.74, 6) is 0. The number of hydrogen-bond donors (Lipinski definition) is 2. The number of nitrogens with one attached hydrogen (secondary N) is 2. The van der Waals surface area contributed by atoms with Crippen LogP contribution < -0.4 is 10.6 Å². The molecule has 0 aliphatic rings. The summed E-state index contributed by atoms with van der Waals surface area (Å²) in [6, 6.07) is 7.71. The number of para-hydroxylation sites is 1. The molecule has 2 rings (SSSR count). The van der Waals surface area contributed by atoms with E-state index < -0.39 is 0 Å². The van der Waals surface area contributed by atoms with E-state index in [1.165, 1.54) is 0 Å². The maximum absolute atomic E-state index is 11.3. The molecule has 2 aromatic rings. The molecule has 1 aromatic heterocycles. The average molecular weight is 229 g/mol. The molecule has 2 N–H and O–H groups in total. The molecular formula is C13H15N3O. The highest BCUT2D eigenvalue weighted by Crippen LogP contribution is 2.22. The van der Waals surface area contributed by atoms with Gasteiger partial charge >= 0.3 is 6.03 Å². The summed E-state index contributed by atoms with van der Waals surface area (Å²) in [6.07, 6.45) is 0.